The van der Waals surface area contributed by atoms with Crippen molar-refractivity contribution >= 4 is 23.5 Å². The van der Waals surface area contributed by atoms with Crippen molar-refractivity contribution in [3.05, 3.63) is 47.5 Å². The molecule has 31 heavy (non-hydrogen) atoms. The maximum atomic E-state index is 5.51. The van der Waals surface area contributed by atoms with Gasteiger partial charge in [-0.05, 0) is 25.3 Å². The number of hydrogen-bond acceptors (Lipinski definition) is 6. The van der Waals surface area contributed by atoms with Crippen LogP contribution in [0.25, 0.3) is 0 Å². The lowest BCUT2D eigenvalue weighted by atomic mass is 10.2. The van der Waals surface area contributed by atoms with Gasteiger partial charge in [0.05, 0.1) is 19.4 Å². The Morgan fingerprint density at radius 1 is 1.10 bits per heavy atom. The van der Waals surface area contributed by atoms with E-state index in [1.165, 1.54) is 11.3 Å². The molecule has 0 atom stereocenters. The Hall–Kier alpha value is -2.60. The highest BCUT2D eigenvalue weighted by atomic mass is 16.5. The van der Waals surface area contributed by atoms with Crippen LogP contribution in [0.1, 0.15) is 51.7 Å². The van der Waals surface area contributed by atoms with E-state index in [-0.39, 0.29) is 0 Å². The van der Waals surface area contributed by atoms with E-state index in [2.05, 4.69) is 65.4 Å². The zero-order valence-electron chi connectivity index (χ0n) is 19.9. The quantitative estimate of drug-likeness (QED) is 0.435. The molecule has 6 nitrogen and oxygen atoms in total. The van der Waals surface area contributed by atoms with Gasteiger partial charge in [-0.15, -0.1) is 0 Å². The van der Waals surface area contributed by atoms with Crippen LogP contribution in [0.5, 0.6) is 0 Å². The first-order chi connectivity index (χ1) is 15.2. The van der Waals surface area contributed by atoms with E-state index < -0.39 is 0 Å². The monoisotopic (exact) mass is 425 g/mol. The van der Waals surface area contributed by atoms with Crippen LogP contribution in [0.4, 0.5) is 17.3 Å². The maximum Gasteiger partial charge on any atom is 0.150 e. The lowest BCUT2D eigenvalue weighted by Gasteiger charge is -2.30. The molecule has 1 aromatic heterocycles. The largest absolute Gasteiger partial charge is 0.378 e. The number of anilines is 3. The molecule has 1 saturated heterocycles. The van der Waals surface area contributed by atoms with Gasteiger partial charge in [0.2, 0.25) is 0 Å². The molecule has 0 aliphatic carbocycles. The predicted molar refractivity (Wildman–Crippen MR) is 134 cm³/mol. The summed E-state index contributed by atoms with van der Waals surface area (Å²) in [5, 5.41) is 4.43. The SMILES string of the molecule is CC.CCCN(CCC)c1cc(N/N=C/c2cccc(C)c2)nc(N2CCOCC2)c1. The highest BCUT2D eigenvalue weighted by molar-refractivity contribution is 5.80. The molecular weight excluding hydrogens is 386 g/mol. The molecule has 0 bridgehead atoms. The summed E-state index contributed by atoms with van der Waals surface area (Å²) in [7, 11) is 0. The standard InChI is InChI=1S/C23H33N5O.C2H6/c1-4-9-27(10-5-2)21-16-22(25-23(17-21)28-11-13-29-14-12-28)26-24-18-20-8-6-7-19(3)15-20;1-2/h6-8,15-18H,4-5,9-14H2,1-3H3,(H,25,26);1-2H3/b24-18+;. The van der Waals surface area contributed by atoms with Gasteiger partial charge in [-0.25, -0.2) is 4.98 Å². The fraction of sp³-hybridized carbons (Fsp3) is 0.520. The smallest absolute Gasteiger partial charge is 0.150 e. The van der Waals surface area contributed by atoms with E-state index in [0.717, 1.165) is 69.4 Å². The normalized spacial score (nSPS) is 13.6. The number of ether oxygens (including phenoxy) is 1. The van der Waals surface area contributed by atoms with Crippen LogP contribution >= 0.6 is 0 Å². The Labute approximate surface area is 188 Å². The first-order valence-corrected chi connectivity index (χ1v) is 11.6. The average molecular weight is 426 g/mol. The van der Waals surface area contributed by atoms with Gasteiger partial charge < -0.3 is 14.5 Å². The van der Waals surface area contributed by atoms with Crippen molar-refractivity contribution < 1.29 is 4.74 Å². The summed E-state index contributed by atoms with van der Waals surface area (Å²) in [6.07, 6.45) is 4.07. The number of aryl methyl sites for hydroxylation is 1. The first-order valence-electron chi connectivity index (χ1n) is 11.6. The van der Waals surface area contributed by atoms with Gasteiger partial charge in [0.15, 0.2) is 5.82 Å². The molecule has 2 heterocycles. The van der Waals surface area contributed by atoms with Crippen molar-refractivity contribution in [2.24, 2.45) is 5.10 Å². The number of aromatic nitrogens is 1. The molecule has 0 radical (unpaired) electrons. The number of pyridine rings is 1. The van der Waals surface area contributed by atoms with Gasteiger partial charge in [-0.2, -0.15) is 5.10 Å². The molecule has 3 rings (SSSR count). The number of rotatable bonds is 9. The Morgan fingerprint density at radius 2 is 1.81 bits per heavy atom. The number of hydrazone groups is 1. The zero-order valence-corrected chi connectivity index (χ0v) is 19.9. The van der Waals surface area contributed by atoms with E-state index in [1.807, 2.05) is 32.2 Å². The fourth-order valence-corrected chi connectivity index (χ4v) is 3.53. The highest BCUT2D eigenvalue weighted by Gasteiger charge is 2.16. The average Bonchev–Trinajstić information content (AvgIpc) is 2.81. The molecule has 0 saturated carbocycles. The van der Waals surface area contributed by atoms with Gasteiger partial charge in [-0.3, -0.25) is 5.43 Å². The number of nitrogens with zero attached hydrogens (tertiary/aromatic N) is 4. The second-order valence-corrected chi connectivity index (χ2v) is 7.44. The molecular formula is C25H39N5O. The number of benzene rings is 1. The van der Waals surface area contributed by atoms with Crippen molar-refractivity contribution in [3.8, 4) is 0 Å². The second kappa shape index (κ2) is 13.7. The number of morpholine rings is 1. The van der Waals surface area contributed by atoms with Crippen molar-refractivity contribution in [1.29, 1.82) is 0 Å². The summed E-state index contributed by atoms with van der Waals surface area (Å²) in [4.78, 5) is 9.55. The van der Waals surface area contributed by atoms with E-state index in [4.69, 9.17) is 9.72 Å². The maximum absolute atomic E-state index is 5.51. The molecule has 170 valence electrons. The van der Waals surface area contributed by atoms with E-state index in [1.54, 1.807) is 0 Å². The summed E-state index contributed by atoms with van der Waals surface area (Å²) in [6, 6.07) is 12.6. The Bertz CT molecular complexity index is 796. The van der Waals surface area contributed by atoms with Crippen molar-refractivity contribution in [2.75, 3.05) is 54.6 Å². The molecule has 0 amide bonds. The molecule has 0 unspecified atom stereocenters. The predicted octanol–water partition coefficient (Wildman–Crippen LogP) is 5.33. The lowest BCUT2D eigenvalue weighted by Crippen LogP contribution is -2.37. The second-order valence-electron chi connectivity index (χ2n) is 7.44. The van der Waals surface area contributed by atoms with Crippen LogP contribution in [0.3, 0.4) is 0 Å². The zero-order chi connectivity index (χ0) is 22.5. The molecule has 0 spiro atoms. The van der Waals surface area contributed by atoms with Crippen molar-refractivity contribution in [3.63, 3.8) is 0 Å². The Kier molecular flexibility index (Phi) is 10.9. The third-order valence-electron chi connectivity index (χ3n) is 4.92. The molecule has 1 N–H and O–H groups in total. The van der Waals surface area contributed by atoms with E-state index >= 15 is 0 Å². The molecule has 1 aromatic carbocycles. The minimum absolute atomic E-state index is 0.744. The summed E-state index contributed by atoms with van der Waals surface area (Å²) < 4.78 is 5.51. The van der Waals surface area contributed by atoms with Gasteiger partial charge in [0.1, 0.15) is 5.82 Å². The van der Waals surface area contributed by atoms with Gasteiger partial charge in [0, 0.05) is 44.0 Å². The Morgan fingerprint density at radius 3 is 2.45 bits per heavy atom. The third kappa shape index (κ3) is 7.87. The van der Waals surface area contributed by atoms with Crippen LogP contribution < -0.4 is 15.2 Å². The fourth-order valence-electron chi connectivity index (χ4n) is 3.53. The molecule has 1 fully saturated rings. The number of nitrogens with one attached hydrogen (secondary N) is 1. The van der Waals surface area contributed by atoms with Crippen LogP contribution in [0.2, 0.25) is 0 Å². The minimum atomic E-state index is 0.744. The van der Waals surface area contributed by atoms with E-state index in [9.17, 15) is 0 Å². The van der Waals surface area contributed by atoms with Gasteiger partial charge in [-0.1, -0.05) is 57.5 Å². The Balaban J connectivity index is 0.00000166. The van der Waals surface area contributed by atoms with Gasteiger partial charge in [0.25, 0.3) is 0 Å². The number of hydrogen-bond donors (Lipinski definition) is 1. The first kappa shape index (κ1) is 24.7. The summed E-state index contributed by atoms with van der Waals surface area (Å²) in [6.45, 7) is 15.8. The van der Waals surface area contributed by atoms with Gasteiger partial charge >= 0.3 is 0 Å². The van der Waals surface area contributed by atoms with Crippen LogP contribution in [0.15, 0.2) is 41.5 Å². The summed E-state index contributed by atoms with van der Waals surface area (Å²) >= 11 is 0. The van der Waals surface area contributed by atoms with Crippen molar-refractivity contribution in [2.45, 2.75) is 47.5 Å². The summed E-state index contributed by atoms with van der Waals surface area (Å²) in [5.41, 5.74) is 6.63. The summed E-state index contributed by atoms with van der Waals surface area (Å²) in [5.74, 6) is 1.75. The molecule has 6 heteroatoms. The van der Waals surface area contributed by atoms with Crippen molar-refractivity contribution in [1.82, 2.24) is 4.98 Å². The van der Waals surface area contributed by atoms with E-state index in [0.29, 0.717) is 0 Å². The van der Waals surface area contributed by atoms with Crippen LogP contribution in [-0.4, -0.2) is 50.6 Å². The molecule has 2 aromatic rings. The highest BCUT2D eigenvalue weighted by Crippen LogP contribution is 2.26. The third-order valence-corrected chi connectivity index (χ3v) is 4.92. The van der Waals surface area contributed by atoms with Crippen LogP contribution in [-0.2, 0) is 4.74 Å². The molecule has 1 aliphatic rings. The minimum Gasteiger partial charge on any atom is -0.378 e. The topological polar surface area (TPSA) is 53.0 Å². The molecule has 1 aliphatic heterocycles. The lowest BCUT2D eigenvalue weighted by molar-refractivity contribution is 0.122. The van der Waals surface area contributed by atoms with Crippen LogP contribution in [0, 0.1) is 6.92 Å².